The van der Waals surface area contributed by atoms with Crippen LogP contribution in [0.4, 0.5) is 0 Å². The van der Waals surface area contributed by atoms with E-state index in [4.69, 9.17) is 37.0 Å². The molecule has 0 spiro atoms. The Bertz CT molecular complexity index is 2010. The van der Waals surface area contributed by atoms with Gasteiger partial charge in [-0.1, -0.05) is 395 Å². The highest BCUT2D eigenvalue weighted by Gasteiger charge is 2.30. The van der Waals surface area contributed by atoms with Crippen LogP contribution in [0.5, 0.6) is 0 Å². The molecule has 0 radical (unpaired) electrons. The maximum absolute atomic E-state index is 13.1. The second kappa shape index (κ2) is 75.1. The van der Waals surface area contributed by atoms with Gasteiger partial charge in [0.2, 0.25) is 0 Å². The summed E-state index contributed by atoms with van der Waals surface area (Å²) in [5.74, 6) is 0.257. The molecule has 0 aliphatic carbocycles. The van der Waals surface area contributed by atoms with Gasteiger partial charge in [-0.15, -0.1) is 0 Å². The van der Waals surface area contributed by atoms with E-state index < -0.39 is 97.5 Å². The van der Waals surface area contributed by atoms with E-state index in [1.54, 1.807) is 0 Å². The Labute approximate surface area is 638 Å². The van der Waals surface area contributed by atoms with Crippen LogP contribution in [0.2, 0.25) is 0 Å². The summed E-state index contributed by atoms with van der Waals surface area (Å²) in [5.41, 5.74) is 0. The third-order valence-electron chi connectivity index (χ3n) is 20.2. The summed E-state index contributed by atoms with van der Waals surface area (Å²) < 4.78 is 68.9. The second-order valence-corrected chi connectivity index (χ2v) is 34.7. The van der Waals surface area contributed by atoms with Gasteiger partial charge in [0.25, 0.3) is 0 Å². The van der Waals surface area contributed by atoms with Crippen molar-refractivity contribution in [2.75, 3.05) is 39.6 Å². The van der Waals surface area contributed by atoms with Crippen LogP contribution in [0.3, 0.4) is 0 Å². The Hall–Kier alpha value is -1.94. The molecule has 0 aromatic heterocycles. The molecule has 0 aliphatic heterocycles. The minimum atomic E-state index is -4.97. The van der Waals surface area contributed by atoms with Crippen molar-refractivity contribution in [1.29, 1.82) is 0 Å². The van der Waals surface area contributed by atoms with Crippen LogP contribution in [0.25, 0.3) is 0 Å². The van der Waals surface area contributed by atoms with Crippen LogP contribution in [0.1, 0.15) is 447 Å². The monoisotopic (exact) mass is 1520 g/mol. The average molecular weight is 1520 g/mol. The molecule has 0 bridgehead atoms. The quantitative estimate of drug-likeness (QED) is 0.0222. The van der Waals surface area contributed by atoms with E-state index in [2.05, 4.69) is 48.5 Å². The number of unbranched alkanes of at least 4 members (excludes halogenated alkanes) is 50. The van der Waals surface area contributed by atoms with Gasteiger partial charge in [-0.2, -0.15) is 0 Å². The molecule has 19 heteroatoms. The van der Waals surface area contributed by atoms with Crippen LogP contribution in [-0.2, 0) is 65.4 Å². The van der Waals surface area contributed by atoms with E-state index in [0.29, 0.717) is 25.7 Å². The molecule has 104 heavy (non-hydrogen) atoms. The number of phosphoric ester groups is 2. The highest BCUT2D eigenvalue weighted by Crippen LogP contribution is 2.45. The third-order valence-corrected chi connectivity index (χ3v) is 22.1. The molecule has 0 rings (SSSR count). The maximum Gasteiger partial charge on any atom is 0.472 e. The Balaban J connectivity index is 5.25. The first-order chi connectivity index (χ1) is 50.3. The van der Waals surface area contributed by atoms with Gasteiger partial charge in [0.05, 0.1) is 26.4 Å². The predicted octanol–water partition coefficient (Wildman–Crippen LogP) is 25.7. The van der Waals surface area contributed by atoms with Gasteiger partial charge in [0.1, 0.15) is 19.3 Å². The molecular formula is C85H166O17P2. The van der Waals surface area contributed by atoms with E-state index in [-0.39, 0.29) is 25.7 Å². The molecule has 0 saturated carbocycles. The number of aliphatic hydroxyl groups excluding tert-OH is 1. The first-order valence-electron chi connectivity index (χ1n) is 43.9. The number of esters is 4. The Morgan fingerprint density at radius 2 is 0.490 bits per heavy atom. The van der Waals surface area contributed by atoms with Gasteiger partial charge < -0.3 is 33.8 Å². The lowest BCUT2D eigenvalue weighted by Gasteiger charge is -2.21. The Morgan fingerprint density at radius 3 is 0.731 bits per heavy atom. The Morgan fingerprint density at radius 1 is 0.279 bits per heavy atom. The van der Waals surface area contributed by atoms with Gasteiger partial charge in [0, 0.05) is 25.7 Å². The largest absolute Gasteiger partial charge is 0.472 e. The van der Waals surface area contributed by atoms with Gasteiger partial charge in [-0.3, -0.25) is 37.3 Å². The SMILES string of the molecule is CCCCCCCCCCCCCCCCCCCC(=O)OC[C@H](COP(=O)(O)OC[C@@H](O)COP(=O)(O)OC[C@@H](COC(=O)CCCCCCCCCCC(C)CC)OC(=O)CCCCCCCCCCCCCC(C)C)OC(=O)CCCCCCCCCCCCCCCCCCCCC(C)C. The zero-order valence-electron chi connectivity index (χ0n) is 68.5. The van der Waals surface area contributed by atoms with Crippen LogP contribution < -0.4 is 0 Å². The molecule has 3 unspecified atom stereocenters. The van der Waals surface area contributed by atoms with Gasteiger partial charge in [-0.05, 0) is 43.4 Å². The lowest BCUT2D eigenvalue weighted by Crippen LogP contribution is -2.30. The summed E-state index contributed by atoms with van der Waals surface area (Å²) >= 11 is 0. The van der Waals surface area contributed by atoms with Crippen molar-refractivity contribution >= 4 is 39.5 Å². The molecule has 618 valence electrons. The molecule has 0 aromatic rings. The maximum atomic E-state index is 13.1. The zero-order chi connectivity index (χ0) is 76.5. The van der Waals surface area contributed by atoms with E-state index in [9.17, 15) is 43.2 Å². The second-order valence-electron chi connectivity index (χ2n) is 31.8. The first-order valence-corrected chi connectivity index (χ1v) is 46.9. The molecule has 0 amide bonds. The fourth-order valence-electron chi connectivity index (χ4n) is 13.2. The number of carbonyl (C=O) groups excluding carboxylic acids is 4. The van der Waals surface area contributed by atoms with Crippen molar-refractivity contribution in [3.05, 3.63) is 0 Å². The van der Waals surface area contributed by atoms with Gasteiger partial charge in [0.15, 0.2) is 12.2 Å². The minimum Gasteiger partial charge on any atom is -0.462 e. The average Bonchev–Trinajstić information content (AvgIpc) is 0.905. The molecule has 0 aromatic carbocycles. The fourth-order valence-corrected chi connectivity index (χ4v) is 14.7. The molecule has 0 aliphatic rings. The van der Waals surface area contributed by atoms with Crippen molar-refractivity contribution in [2.45, 2.75) is 465 Å². The number of aliphatic hydroxyl groups is 1. The van der Waals surface area contributed by atoms with Gasteiger partial charge in [-0.25, -0.2) is 9.13 Å². The highest BCUT2D eigenvalue weighted by molar-refractivity contribution is 7.47. The zero-order valence-corrected chi connectivity index (χ0v) is 70.3. The minimum absolute atomic E-state index is 0.106. The fraction of sp³-hybridized carbons (Fsp3) is 0.953. The highest BCUT2D eigenvalue weighted by atomic mass is 31.2. The van der Waals surface area contributed by atoms with Gasteiger partial charge >= 0.3 is 39.5 Å². The number of ether oxygens (including phenoxy) is 4. The predicted molar refractivity (Wildman–Crippen MR) is 428 cm³/mol. The van der Waals surface area contributed by atoms with Crippen LogP contribution in [0, 0.1) is 17.8 Å². The molecule has 0 saturated heterocycles. The third kappa shape index (κ3) is 76.8. The normalized spacial score (nSPS) is 14.2. The summed E-state index contributed by atoms with van der Waals surface area (Å²) in [4.78, 5) is 73.2. The van der Waals surface area contributed by atoms with Crippen LogP contribution in [0.15, 0.2) is 0 Å². The van der Waals surface area contributed by atoms with Crippen molar-refractivity contribution in [1.82, 2.24) is 0 Å². The van der Waals surface area contributed by atoms with Crippen molar-refractivity contribution < 1.29 is 80.2 Å². The number of hydrogen-bond acceptors (Lipinski definition) is 15. The molecule has 6 atom stereocenters. The van der Waals surface area contributed by atoms with E-state index in [1.807, 2.05) is 0 Å². The number of phosphoric acid groups is 2. The molecular weight excluding hydrogens is 1350 g/mol. The first kappa shape index (κ1) is 102. The van der Waals surface area contributed by atoms with Crippen molar-refractivity contribution in [2.24, 2.45) is 17.8 Å². The van der Waals surface area contributed by atoms with E-state index in [0.717, 1.165) is 108 Å². The Kier molecular flexibility index (Phi) is 73.7. The lowest BCUT2D eigenvalue weighted by molar-refractivity contribution is -0.161. The standard InChI is InChI=1S/C85H166O17P2/c1-8-10-11-12-13-14-15-16-17-20-24-27-32-37-45-52-59-66-82(87)95-72-80(101-84(89)68-61-54-47-38-33-28-25-22-19-18-21-23-26-30-35-42-49-56-63-76(3)4)74-99-103(91,92)97-70-79(86)71-98-104(93,94)100-75-81(73-96-83(88)67-60-53-46-41-40-44-51-58-65-78(7)9-2)102-85(90)69-62-55-48-39-34-29-31-36-43-50-57-64-77(5)6/h76-81,86H,8-75H2,1-7H3,(H,91,92)(H,93,94)/t78?,79-,80-,81-/m1/s1. The molecule has 0 heterocycles. The molecule has 3 N–H and O–H groups in total. The van der Waals surface area contributed by atoms with Crippen molar-refractivity contribution in [3.63, 3.8) is 0 Å². The summed E-state index contributed by atoms with van der Waals surface area (Å²) in [6.45, 7) is 12.0. The number of hydrogen-bond donors (Lipinski definition) is 3. The summed E-state index contributed by atoms with van der Waals surface area (Å²) in [6.07, 6.45) is 65.2. The van der Waals surface area contributed by atoms with Crippen molar-refractivity contribution in [3.8, 4) is 0 Å². The van der Waals surface area contributed by atoms with E-state index >= 15 is 0 Å². The molecule has 0 fully saturated rings. The van der Waals surface area contributed by atoms with E-state index in [1.165, 1.54) is 257 Å². The smallest absolute Gasteiger partial charge is 0.462 e. The summed E-state index contributed by atoms with van der Waals surface area (Å²) in [6, 6.07) is 0. The number of rotatable bonds is 83. The summed E-state index contributed by atoms with van der Waals surface area (Å²) in [5, 5.41) is 10.7. The summed E-state index contributed by atoms with van der Waals surface area (Å²) in [7, 11) is -9.93. The number of carbonyl (C=O) groups is 4. The van der Waals surface area contributed by atoms with Crippen LogP contribution in [-0.4, -0.2) is 96.7 Å². The topological polar surface area (TPSA) is 237 Å². The lowest BCUT2D eigenvalue weighted by atomic mass is 9.99. The van der Waals surface area contributed by atoms with Crippen LogP contribution >= 0.6 is 15.6 Å². The molecule has 17 nitrogen and oxygen atoms in total.